The van der Waals surface area contributed by atoms with Gasteiger partial charge in [-0.05, 0) is 34.7 Å². The number of rotatable bonds is 2. The summed E-state index contributed by atoms with van der Waals surface area (Å²) in [6.07, 6.45) is 0.0714. The van der Waals surface area contributed by atoms with Crippen LogP contribution in [0.1, 0.15) is 6.42 Å². The Morgan fingerprint density at radius 3 is 2.94 bits per heavy atom. The van der Waals surface area contributed by atoms with Gasteiger partial charge >= 0.3 is 5.97 Å². The molecule has 7 heteroatoms. The molecule has 1 aromatic rings. The number of esters is 1. The Labute approximate surface area is 116 Å². The maximum atomic E-state index is 13.3. The van der Waals surface area contributed by atoms with Crippen LogP contribution in [0.25, 0.3) is 0 Å². The van der Waals surface area contributed by atoms with E-state index in [1.54, 1.807) is 6.07 Å². The Hall–Kier alpha value is -1.25. The first-order chi connectivity index (χ1) is 8.52. The van der Waals surface area contributed by atoms with Gasteiger partial charge in [-0.3, -0.25) is 14.5 Å². The molecule has 2 rings (SSSR count). The monoisotopic (exact) mass is 364 g/mol. The second-order valence-electron chi connectivity index (χ2n) is 3.87. The summed E-state index contributed by atoms with van der Waals surface area (Å²) in [6, 6.07) is 3.10. The standard InChI is InChI=1S/C11H10FIN2O3/c1-18-11(17)6-4-9(16)15(5-6)8-3-2-7(13)10(12)14-8/h2-3,6H,4-5H2,1H3. The van der Waals surface area contributed by atoms with E-state index in [1.165, 1.54) is 18.1 Å². The van der Waals surface area contributed by atoms with Crippen LogP contribution in [-0.4, -0.2) is 30.5 Å². The highest BCUT2D eigenvalue weighted by atomic mass is 127. The average molecular weight is 364 g/mol. The van der Waals surface area contributed by atoms with E-state index in [9.17, 15) is 14.0 Å². The Morgan fingerprint density at radius 1 is 1.61 bits per heavy atom. The molecular weight excluding hydrogens is 354 g/mol. The number of halogens is 2. The molecule has 1 aromatic heterocycles. The van der Waals surface area contributed by atoms with E-state index in [0.29, 0.717) is 3.57 Å². The molecule has 1 unspecified atom stereocenters. The second kappa shape index (κ2) is 5.17. The van der Waals surface area contributed by atoms with Crippen molar-refractivity contribution in [1.82, 2.24) is 4.98 Å². The van der Waals surface area contributed by atoms with Crippen molar-refractivity contribution in [3.05, 3.63) is 21.7 Å². The summed E-state index contributed by atoms with van der Waals surface area (Å²) in [7, 11) is 1.28. The number of carbonyl (C=O) groups is 2. The minimum absolute atomic E-state index is 0.0714. The van der Waals surface area contributed by atoms with E-state index in [-0.39, 0.29) is 24.7 Å². The quantitative estimate of drug-likeness (QED) is 0.452. The maximum Gasteiger partial charge on any atom is 0.311 e. The zero-order valence-electron chi connectivity index (χ0n) is 9.52. The first-order valence-corrected chi connectivity index (χ1v) is 6.31. The maximum absolute atomic E-state index is 13.3. The van der Waals surface area contributed by atoms with Gasteiger partial charge in [-0.1, -0.05) is 0 Å². The molecule has 1 fully saturated rings. The predicted molar refractivity (Wildman–Crippen MR) is 69.4 cm³/mol. The van der Waals surface area contributed by atoms with E-state index >= 15 is 0 Å². The lowest BCUT2D eigenvalue weighted by Crippen LogP contribution is -2.27. The van der Waals surface area contributed by atoms with E-state index in [1.807, 2.05) is 22.6 Å². The minimum atomic E-state index is -0.623. The second-order valence-corrected chi connectivity index (χ2v) is 5.03. The lowest BCUT2D eigenvalue weighted by atomic mass is 10.1. The van der Waals surface area contributed by atoms with Gasteiger partial charge in [0.05, 0.1) is 16.6 Å². The lowest BCUT2D eigenvalue weighted by molar-refractivity contribution is -0.145. The number of nitrogens with zero attached hydrogens (tertiary/aromatic N) is 2. The van der Waals surface area contributed by atoms with Gasteiger partial charge in [0.25, 0.3) is 0 Å². The van der Waals surface area contributed by atoms with E-state index in [4.69, 9.17) is 0 Å². The number of amides is 1. The molecule has 18 heavy (non-hydrogen) atoms. The molecule has 0 aliphatic carbocycles. The molecule has 1 aliphatic heterocycles. The molecule has 0 aromatic carbocycles. The van der Waals surface area contributed by atoms with Crippen LogP contribution in [-0.2, 0) is 14.3 Å². The summed E-state index contributed by atoms with van der Waals surface area (Å²) in [4.78, 5) is 28.1. The van der Waals surface area contributed by atoms with Crippen molar-refractivity contribution in [2.75, 3.05) is 18.6 Å². The highest BCUT2D eigenvalue weighted by Gasteiger charge is 2.36. The number of pyridine rings is 1. The smallest absolute Gasteiger partial charge is 0.311 e. The minimum Gasteiger partial charge on any atom is -0.469 e. The van der Waals surface area contributed by atoms with Crippen LogP contribution in [0, 0.1) is 15.4 Å². The molecule has 5 nitrogen and oxygen atoms in total. The first-order valence-electron chi connectivity index (χ1n) is 5.23. The molecule has 0 N–H and O–H groups in total. The molecule has 1 aliphatic rings. The molecule has 0 bridgehead atoms. The fourth-order valence-electron chi connectivity index (χ4n) is 1.81. The number of aromatic nitrogens is 1. The summed E-state index contributed by atoms with van der Waals surface area (Å²) in [5, 5.41) is 0. The number of hydrogen-bond donors (Lipinski definition) is 0. The number of anilines is 1. The Morgan fingerprint density at radius 2 is 2.33 bits per heavy atom. The molecule has 96 valence electrons. The van der Waals surface area contributed by atoms with Gasteiger partial charge in [-0.25, -0.2) is 4.98 Å². The van der Waals surface area contributed by atoms with Gasteiger partial charge in [-0.2, -0.15) is 4.39 Å². The zero-order chi connectivity index (χ0) is 13.3. The summed E-state index contributed by atoms with van der Waals surface area (Å²) in [5.74, 6) is -1.59. The summed E-state index contributed by atoms with van der Waals surface area (Å²) in [6.45, 7) is 0.179. The number of carbonyl (C=O) groups excluding carboxylic acids is 2. The lowest BCUT2D eigenvalue weighted by Gasteiger charge is -2.15. The van der Waals surface area contributed by atoms with Crippen molar-refractivity contribution < 1.29 is 18.7 Å². The van der Waals surface area contributed by atoms with Gasteiger partial charge in [0.2, 0.25) is 11.9 Å². The third-order valence-electron chi connectivity index (χ3n) is 2.72. The van der Waals surface area contributed by atoms with Crippen molar-refractivity contribution in [2.45, 2.75) is 6.42 Å². The number of methoxy groups -OCH3 is 1. The molecular formula is C11H10FIN2O3. The fraction of sp³-hybridized carbons (Fsp3) is 0.364. The topological polar surface area (TPSA) is 59.5 Å². The van der Waals surface area contributed by atoms with Crippen LogP contribution in [0.5, 0.6) is 0 Å². The van der Waals surface area contributed by atoms with Gasteiger partial charge in [-0.15, -0.1) is 0 Å². The van der Waals surface area contributed by atoms with Crippen molar-refractivity contribution in [3.8, 4) is 0 Å². The molecule has 1 atom stereocenters. The van der Waals surface area contributed by atoms with Crippen LogP contribution in [0.2, 0.25) is 0 Å². The van der Waals surface area contributed by atoms with Crippen molar-refractivity contribution in [1.29, 1.82) is 0 Å². The Bertz CT molecular complexity index is 509. The van der Waals surface area contributed by atoms with E-state index in [0.717, 1.165) is 0 Å². The number of hydrogen-bond acceptors (Lipinski definition) is 4. The normalized spacial score (nSPS) is 19.2. The van der Waals surface area contributed by atoms with E-state index in [2.05, 4.69) is 9.72 Å². The molecule has 0 spiro atoms. The van der Waals surface area contributed by atoms with Gasteiger partial charge in [0.15, 0.2) is 0 Å². The summed E-state index contributed by atoms with van der Waals surface area (Å²) >= 11 is 1.82. The zero-order valence-corrected chi connectivity index (χ0v) is 11.7. The summed E-state index contributed by atoms with van der Waals surface area (Å²) in [5.41, 5.74) is 0. The van der Waals surface area contributed by atoms with Crippen LogP contribution >= 0.6 is 22.6 Å². The largest absolute Gasteiger partial charge is 0.469 e. The fourth-order valence-corrected chi connectivity index (χ4v) is 2.11. The third kappa shape index (κ3) is 2.45. The van der Waals surface area contributed by atoms with E-state index < -0.39 is 17.8 Å². The van der Waals surface area contributed by atoms with Crippen molar-refractivity contribution in [2.24, 2.45) is 5.92 Å². The Kier molecular flexibility index (Phi) is 3.79. The molecule has 2 heterocycles. The van der Waals surface area contributed by atoms with Gasteiger partial charge in [0.1, 0.15) is 5.82 Å². The summed E-state index contributed by atoms with van der Waals surface area (Å²) < 4.78 is 18.3. The van der Waals surface area contributed by atoms with Crippen LogP contribution in [0.3, 0.4) is 0 Å². The van der Waals surface area contributed by atoms with Crippen LogP contribution in [0.4, 0.5) is 10.2 Å². The SMILES string of the molecule is COC(=O)C1CC(=O)N(c2ccc(I)c(F)n2)C1. The molecule has 1 saturated heterocycles. The third-order valence-corrected chi connectivity index (χ3v) is 3.53. The van der Waals surface area contributed by atoms with Crippen molar-refractivity contribution in [3.63, 3.8) is 0 Å². The molecule has 0 radical (unpaired) electrons. The first kappa shape index (κ1) is 13.2. The van der Waals surface area contributed by atoms with Crippen molar-refractivity contribution >= 4 is 40.3 Å². The predicted octanol–water partition coefficient (Wildman–Crippen LogP) is 1.35. The molecule has 1 amide bonds. The highest BCUT2D eigenvalue weighted by molar-refractivity contribution is 14.1. The van der Waals surface area contributed by atoms with Crippen LogP contribution in [0.15, 0.2) is 12.1 Å². The Balaban J connectivity index is 2.21. The number of ether oxygens (including phenoxy) is 1. The molecule has 0 saturated carbocycles. The van der Waals surface area contributed by atoms with Gasteiger partial charge < -0.3 is 4.74 Å². The van der Waals surface area contributed by atoms with Gasteiger partial charge in [0, 0.05) is 13.0 Å². The average Bonchev–Trinajstić information content (AvgIpc) is 2.74. The highest BCUT2D eigenvalue weighted by Crippen LogP contribution is 2.25. The van der Waals surface area contributed by atoms with Crippen LogP contribution < -0.4 is 4.90 Å².